The second kappa shape index (κ2) is 14.1. The number of unbranched alkanes of at least 4 members (excludes halogenated alkanes) is 3. The van der Waals surface area contributed by atoms with Gasteiger partial charge in [-0.3, -0.25) is 24.0 Å². The van der Waals surface area contributed by atoms with E-state index in [1.807, 2.05) is 30.3 Å². The maximum Gasteiger partial charge on any atom is 0.321 e. The molecule has 4 unspecified atom stereocenters. The predicted molar refractivity (Wildman–Crippen MR) is 166 cm³/mol. The lowest BCUT2D eigenvalue weighted by molar-refractivity contribution is -0.155. The third-order valence-corrected chi connectivity index (χ3v) is 8.86. The summed E-state index contributed by atoms with van der Waals surface area (Å²) in [5.74, 6) is -4.29. The Hall–Kier alpha value is -5.12. The molecule has 10 heteroatoms. The van der Waals surface area contributed by atoms with Crippen LogP contribution in [0.2, 0.25) is 0 Å². The number of halogens is 1. The molecule has 0 aromatic heterocycles. The molecular formula is C37H33FO9. The quantitative estimate of drug-likeness (QED) is 0.0717. The van der Waals surface area contributed by atoms with Gasteiger partial charge in [0.25, 0.3) is 0 Å². The van der Waals surface area contributed by atoms with Gasteiger partial charge in [-0.2, -0.15) is 0 Å². The number of benzene rings is 3. The molecule has 9 nitrogen and oxygen atoms in total. The summed E-state index contributed by atoms with van der Waals surface area (Å²) in [5.41, 5.74) is 2.61. The van der Waals surface area contributed by atoms with Gasteiger partial charge < -0.3 is 18.9 Å². The van der Waals surface area contributed by atoms with Gasteiger partial charge in [0.2, 0.25) is 0 Å². The van der Waals surface area contributed by atoms with Crippen molar-refractivity contribution >= 4 is 35.7 Å². The first-order chi connectivity index (χ1) is 22.8. The van der Waals surface area contributed by atoms with Gasteiger partial charge in [-0.15, -0.1) is 0 Å². The van der Waals surface area contributed by atoms with Crippen LogP contribution in [0.15, 0.2) is 72.8 Å². The minimum atomic E-state index is -0.755. The number of cyclic esters (lactones) is 4. The van der Waals surface area contributed by atoms with E-state index in [0.29, 0.717) is 30.1 Å². The molecule has 3 aliphatic rings. The third kappa shape index (κ3) is 7.32. The van der Waals surface area contributed by atoms with E-state index < -0.39 is 47.5 Å². The Balaban J connectivity index is 0.932. The molecule has 242 valence electrons. The molecule has 2 fully saturated rings. The van der Waals surface area contributed by atoms with Crippen LogP contribution < -0.4 is 9.47 Å². The first-order valence-electron chi connectivity index (χ1n) is 15.7. The predicted octanol–water partition coefficient (Wildman–Crippen LogP) is 6.10. The van der Waals surface area contributed by atoms with Gasteiger partial charge in [0.1, 0.15) is 17.3 Å². The standard InChI is InChI=1S/C37H33FO9/c38-24-10-8-23(9-11-24)32(39)16-7-22-5-12-25(13-6-22)44-17-3-1-2-4-18-45-26-14-15-27-28(30-21-33(40)46-35(30)41)20-31-34(29(27)19-26)37(43)47-36(31)42/h5-16,19,28,30-31,34H,1-4,17-18,20-21H2. The number of carbonyl (C=O) groups is 5. The summed E-state index contributed by atoms with van der Waals surface area (Å²) in [5, 5.41) is 0. The Morgan fingerprint density at radius 2 is 1.38 bits per heavy atom. The highest BCUT2D eigenvalue weighted by Gasteiger charge is 2.53. The molecule has 3 aromatic carbocycles. The topological polar surface area (TPSA) is 122 Å². The van der Waals surface area contributed by atoms with Crippen LogP contribution in [0.5, 0.6) is 11.5 Å². The van der Waals surface area contributed by atoms with Crippen molar-refractivity contribution in [1.82, 2.24) is 0 Å². The maximum absolute atomic E-state index is 13.0. The molecular weight excluding hydrogens is 607 g/mol. The third-order valence-electron chi connectivity index (χ3n) is 8.86. The molecule has 0 radical (unpaired) electrons. The van der Waals surface area contributed by atoms with Crippen LogP contribution in [-0.4, -0.2) is 42.9 Å². The molecule has 0 N–H and O–H groups in total. The minimum Gasteiger partial charge on any atom is -0.494 e. The fourth-order valence-electron chi connectivity index (χ4n) is 6.44. The van der Waals surface area contributed by atoms with E-state index in [4.69, 9.17) is 18.9 Å². The van der Waals surface area contributed by atoms with Crippen LogP contribution in [0.3, 0.4) is 0 Å². The van der Waals surface area contributed by atoms with E-state index >= 15 is 0 Å². The Kier molecular flexibility index (Phi) is 9.56. The van der Waals surface area contributed by atoms with Crippen molar-refractivity contribution < 1.29 is 47.3 Å². The second-order valence-electron chi connectivity index (χ2n) is 11.9. The Morgan fingerprint density at radius 3 is 2.06 bits per heavy atom. The van der Waals surface area contributed by atoms with E-state index in [1.54, 1.807) is 18.2 Å². The van der Waals surface area contributed by atoms with Gasteiger partial charge in [0, 0.05) is 5.56 Å². The number of hydrogen-bond acceptors (Lipinski definition) is 9. The average Bonchev–Trinajstić information content (AvgIpc) is 3.56. The van der Waals surface area contributed by atoms with Gasteiger partial charge in [-0.25, -0.2) is 4.39 Å². The summed E-state index contributed by atoms with van der Waals surface area (Å²) in [6.07, 6.45) is 6.87. The van der Waals surface area contributed by atoms with Crippen LogP contribution in [-0.2, 0) is 28.7 Å². The lowest BCUT2D eigenvalue weighted by Gasteiger charge is -2.33. The zero-order valence-electron chi connectivity index (χ0n) is 25.5. The summed E-state index contributed by atoms with van der Waals surface area (Å²) >= 11 is 0. The molecule has 0 amide bonds. The van der Waals surface area contributed by atoms with Crippen molar-refractivity contribution in [3.8, 4) is 11.5 Å². The molecule has 0 saturated carbocycles. The lowest BCUT2D eigenvalue weighted by atomic mass is 9.67. The van der Waals surface area contributed by atoms with E-state index in [2.05, 4.69) is 0 Å². The van der Waals surface area contributed by atoms with Crippen LogP contribution in [0.1, 0.15) is 77.4 Å². The zero-order valence-corrected chi connectivity index (χ0v) is 25.5. The van der Waals surface area contributed by atoms with Crippen molar-refractivity contribution in [2.24, 2.45) is 11.8 Å². The molecule has 2 saturated heterocycles. The fourth-order valence-corrected chi connectivity index (χ4v) is 6.44. The molecule has 6 rings (SSSR count). The smallest absolute Gasteiger partial charge is 0.321 e. The molecule has 0 spiro atoms. The summed E-state index contributed by atoms with van der Waals surface area (Å²) in [4.78, 5) is 61.4. The van der Waals surface area contributed by atoms with E-state index in [1.165, 1.54) is 30.3 Å². The van der Waals surface area contributed by atoms with Crippen LogP contribution in [0.4, 0.5) is 4.39 Å². The number of rotatable bonds is 13. The fraction of sp³-hybridized carbons (Fsp3) is 0.324. The van der Waals surface area contributed by atoms with Crippen molar-refractivity contribution in [1.29, 1.82) is 0 Å². The molecule has 47 heavy (non-hydrogen) atoms. The van der Waals surface area contributed by atoms with Crippen LogP contribution in [0, 0.1) is 17.7 Å². The van der Waals surface area contributed by atoms with Crippen molar-refractivity contribution in [3.63, 3.8) is 0 Å². The number of fused-ring (bicyclic) bond motifs is 3. The number of carbonyl (C=O) groups excluding carboxylic acids is 5. The molecule has 0 bridgehead atoms. The first kappa shape index (κ1) is 31.8. The Bertz CT molecular complexity index is 1710. The van der Waals surface area contributed by atoms with Gasteiger partial charge in [-0.05, 0) is 109 Å². The molecule has 2 aliphatic heterocycles. The van der Waals surface area contributed by atoms with Gasteiger partial charge in [0.05, 0.1) is 37.4 Å². The number of allylic oxidation sites excluding steroid dienone is 1. The van der Waals surface area contributed by atoms with Gasteiger partial charge in [0.15, 0.2) is 5.78 Å². The number of esters is 4. The highest BCUT2D eigenvalue weighted by atomic mass is 19.1. The van der Waals surface area contributed by atoms with Crippen molar-refractivity contribution in [3.05, 3.63) is 101 Å². The van der Waals surface area contributed by atoms with E-state index in [9.17, 15) is 28.4 Å². The SMILES string of the molecule is O=C1CC(C2CC3C(=O)OC(=O)C3c3cc(OCCCCCCOc4ccc(C=CC(=O)c5ccc(F)cc5)cc4)ccc32)C(=O)O1. The highest BCUT2D eigenvalue weighted by molar-refractivity contribution is 6.06. The zero-order chi connectivity index (χ0) is 32.9. The number of ether oxygens (including phenoxy) is 4. The van der Waals surface area contributed by atoms with Crippen molar-refractivity contribution in [2.45, 2.75) is 50.4 Å². The highest BCUT2D eigenvalue weighted by Crippen LogP contribution is 2.51. The molecule has 4 atom stereocenters. The van der Waals surface area contributed by atoms with E-state index in [0.717, 1.165) is 42.6 Å². The maximum atomic E-state index is 13.0. The van der Waals surface area contributed by atoms with Crippen molar-refractivity contribution in [2.75, 3.05) is 13.2 Å². The monoisotopic (exact) mass is 640 g/mol. The van der Waals surface area contributed by atoms with Gasteiger partial charge >= 0.3 is 23.9 Å². The normalized spacial score (nSPS) is 21.7. The van der Waals surface area contributed by atoms with E-state index in [-0.39, 0.29) is 24.4 Å². The van der Waals surface area contributed by atoms with Crippen LogP contribution in [0.25, 0.3) is 6.08 Å². The average molecular weight is 641 g/mol. The Labute approximate surface area is 270 Å². The van der Waals surface area contributed by atoms with Crippen LogP contribution >= 0.6 is 0 Å². The lowest BCUT2D eigenvalue weighted by Crippen LogP contribution is -2.31. The second-order valence-corrected chi connectivity index (χ2v) is 11.9. The number of hydrogen-bond donors (Lipinski definition) is 0. The summed E-state index contributed by atoms with van der Waals surface area (Å²) < 4.78 is 34.6. The van der Waals surface area contributed by atoms with Gasteiger partial charge in [-0.1, -0.05) is 24.3 Å². The minimum absolute atomic E-state index is 0.0548. The summed E-state index contributed by atoms with van der Waals surface area (Å²) in [6, 6.07) is 18.2. The molecule has 2 heterocycles. The largest absolute Gasteiger partial charge is 0.494 e. The number of ketones is 1. The molecule has 3 aromatic rings. The summed E-state index contributed by atoms with van der Waals surface area (Å²) in [7, 11) is 0. The molecule has 1 aliphatic carbocycles. The summed E-state index contributed by atoms with van der Waals surface area (Å²) in [6.45, 7) is 1.02. The first-order valence-corrected chi connectivity index (χ1v) is 15.7. The Morgan fingerprint density at radius 1 is 0.723 bits per heavy atom.